The highest BCUT2D eigenvalue weighted by atomic mass is 32.2. The third-order valence-electron chi connectivity index (χ3n) is 3.70. The number of fused-ring (bicyclic) bond motifs is 1. The number of para-hydroxylation sites is 1. The largest absolute Gasteiger partial charge is 0.462 e. The van der Waals surface area contributed by atoms with Crippen LogP contribution in [0.4, 0.5) is 11.4 Å². The average molecular weight is 354 g/mol. The monoisotopic (exact) mass is 354 g/mol. The van der Waals surface area contributed by atoms with Crippen molar-refractivity contribution >= 4 is 27.2 Å². The number of nitriles is 1. The van der Waals surface area contributed by atoms with Crippen molar-refractivity contribution in [1.29, 1.82) is 5.26 Å². The van der Waals surface area contributed by atoms with E-state index in [1.54, 1.807) is 60.4 Å². The third kappa shape index (κ3) is 2.88. The highest BCUT2D eigenvalue weighted by molar-refractivity contribution is 7.95. The number of anilines is 2. The first-order valence-corrected chi connectivity index (χ1v) is 9.00. The van der Waals surface area contributed by atoms with Crippen molar-refractivity contribution < 1.29 is 17.9 Å². The summed E-state index contributed by atoms with van der Waals surface area (Å²) in [4.78, 5) is 13.2. The Bertz CT molecular complexity index is 1020. The molecule has 0 saturated carbocycles. The molecule has 0 N–H and O–H groups in total. The average Bonchev–Trinajstić information content (AvgIpc) is 2.62. The van der Waals surface area contributed by atoms with Crippen LogP contribution in [0.15, 0.2) is 64.5 Å². The molecule has 1 heterocycles. The zero-order valence-corrected chi connectivity index (χ0v) is 14.2. The lowest BCUT2D eigenvalue weighted by atomic mass is 10.1. The number of nitrogens with zero attached hydrogens (tertiary/aromatic N) is 2. The fourth-order valence-electron chi connectivity index (χ4n) is 2.56. The Kier molecular flexibility index (Phi) is 4.30. The van der Waals surface area contributed by atoms with Gasteiger partial charge in [-0.3, -0.25) is 0 Å². The van der Waals surface area contributed by atoms with Crippen LogP contribution in [-0.4, -0.2) is 21.0 Å². The van der Waals surface area contributed by atoms with E-state index in [4.69, 9.17) is 4.74 Å². The molecule has 0 amide bonds. The highest BCUT2D eigenvalue weighted by Crippen LogP contribution is 2.39. The van der Waals surface area contributed by atoms with E-state index < -0.39 is 15.8 Å². The van der Waals surface area contributed by atoms with Gasteiger partial charge in [0.15, 0.2) is 4.91 Å². The summed E-state index contributed by atoms with van der Waals surface area (Å²) in [6, 6.07) is 14.8. The van der Waals surface area contributed by atoms with Gasteiger partial charge < -0.3 is 9.64 Å². The molecule has 0 atom stereocenters. The van der Waals surface area contributed by atoms with Crippen molar-refractivity contribution in [3.8, 4) is 6.07 Å². The van der Waals surface area contributed by atoms with E-state index in [9.17, 15) is 18.5 Å². The molecule has 0 aromatic heterocycles. The first-order valence-electron chi connectivity index (χ1n) is 7.51. The van der Waals surface area contributed by atoms with Gasteiger partial charge in [0.2, 0.25) is 9.84 Å². The third-order valence-corrected chi connectivity index (χ3v) is 5.40. The Morgan fingerprint density at radius 1 is 1.20 bits per heavy atom. The van der Waals surface area contributed by atoms with Gasteiger partial charge in [0, 0.05) is 11.9 Å². The fourth-order valence-corrected chi connectivity index (χ4v) is 3.86. The number of sulfone groups is 1. The fraction of sp³-hybridized carbons (Fsp3) is 0.111. The van der Waals surface area contributed by atoms with Gasteiger partial charge in [0.1, 0.15) is 6.07 Å². The van der Waals surface area contributed by atoms with E-state index in [1.165, 1.54) is 12.3 Å². The van der Waals surface area contributed by atoms with Crippen LogP contribution in [0.25, 0.3) is 0 Å². The smallest absolute Gasteiger partial charge is 0.338 e. The van der Waals surface area contributed by atoms with Crippen LogP contribution in [0.2, 0.25) is 0 Å². The summed E-state index contributed by atoms with van der Waals surface area (Å²) in [6.45, 7) is 1.97. The van der Waals surface area contributed by atoms with Gasteiger partial charge >= 0.3 is 5.97 Å². The maximum absolute atomic E-state index is 12.5. The Morgan fingerprint density at radius 3 is 2.68 bits per heavy atom. The summed E-state index contributed by atoms with van der Waals surface area (Å²) < 4.78 is 30.0. The second kappa shape index (κ2) is 6.42. The molecule has 1 aliphatic rings. The molecular weight excluding hydrogens is 340 g/mol. The molecule has 6 nitrogen and oxygen atoms in total. The maximum Gasteiger partial charge on any atom is 0.338 e. The van der Waals surface area contributed by atoms with Gasteiger partial charge in [0.05, 0.1) is 22.8 Å². The summed E-state index contributed by atoms with van der Waals surface area (Å²) in [5.41, 5.74) is 1.32. The number of hydrogen-bond acceptors (Lipinski definition) is 6. The van der Waals surface area contributed by atoms with Crippen LogP contribution in [0, 0.1) is 11.3 Å². The number of benzene rings is 2. The topological polar surface area (TPSA) is 87.5 Å². The maximum atomic E-state index is 12.5. The number of carbonyl (C=O) groups excluding carboxylic acids is 1. The summed E-state index contributed by atoms with van der Waals surface area (Å²) >= 11 is 0. The molecule has 0 unspecified atom stereocenters. The molecule has 2 aromatic rings. The molecule has 3 rings (SSSR count). The summed E-state index contributed by atoms with van der Waals surface area (Å²) in [6.07, 6.45) is 1.27. The molecule has 0 spiro atoms. The lowest BCUT2D eigenvalue weighted by molar-refractivity contribution is 0.0526. The minimum absolute atomic E-state index is 0.0515. The molecule has 0 saturated heterocycles. The molecule has 0 radical (unpaired) electrons. The van der Waals surface area contributed by atoms with Gasteiger partial charge in [-0.05, 0) is 37.3 Å². The molecule has 0 fully saturated rings. The number of ether oxygens (including phenoxy) is 1. The Labute approximate surface area is 145 Å². The van der Waals surface area contributed by atoms with Gasteiger partial charge in [-0.25, -0.2) is 13.2 Å². The van der Waals surface area contributed by atoms with Crippen LogP contribution >= 0.6 is 0 Å². The van der Waals surface area contributed by atoms with Crippen molar-refractivity contribution in [2.24, 2.45) is 0 Å². The molecule has 1 aliphatic heterocycles. The number of rotatable bonds is 3. The van der Waals surface area contributed by atoms with E-state index in [0.717, 1.165) is 0 Å². The molecule has 126 valence electrons. The van der Waals surface area contributed by atoms with Crippen molar-refractivity contribution in [2.45, 2.75) is 11.8 Å². The number of esters is 1. The van der Waals surface area contributed by atoms with Crippen LogP contribution in [-0.2, 0) is 14.6 Å². The molecular formula is C18H14N2O4S. The summed E-state index contributed by atoms with van der Waals surface area (Å²) in [5.74, 6) is -0.466. The van der Waals surface area contributed by atoms with Crippen LogP contribution in [0.3, 0.4) is 0 Å². The van der Waals surface area contributed by atoms with Crippen LogP contribution in [0.5, 0.6) is 0 Å². The lowest BCUT2D eigenvalue weighted by Crippen LogP contribution is -2.21. The minimum atomic E-state index is -3.84. The summed E-state index contributed by atoms with van der Waals surface area (Å²) in [5, 5.41) is 9.23. The van der Waals surface area contributed by atoms with Crippen LogP contribution in [0.1, 0.15) is 17.3 Å². The molecule has 2 aromatic carbocycles. The predicted molar refractivity (Wildman–Crippen MR) is 91.9 cm³/mol. The number of carbonyl (C=O) groups is 1. The highest BCUT2D eigenvalue weighted by Gasteiger charge is 2.31. The zero-order chi connectivity index (χ0) is 18.0. The predicted octanol–water partition coefficient (Wildman–Crippen LogP) is 3.15. The van der Waals surface area contributed by atoms with Crippen LogP contribution < -0.4 is 4.90 Å². The quantitative estimate of drug-likeness (QED) is 0.787. The number of hydrogen-bond donors (Lipinski definition) is 0. The van der Waals surface area contributed by atoms with Gasteiger partial charge in [0.25, 0.3) is 0 Å². The number of allylic oxidation sites excluding steroid dienone is 1. The Morgan fingerprint density at radius 2 is 1.96 bits per heavy atom. The van der Waals surface area contributed by atoms with Crippen molar-refractivity contribution in [3.63, 3.8) is 0 Å². The molecule has 0 bridgehead atoms. The second-order valence-corrected chi connectivity index (χ2v) is 7.10. The first kappa shape index (κ1) is 16.7. The van der Waals surface area contributed by atoms with E-state index in [0.29, 0.717) is 16.9 Å². The van der Waals surface area contributed by atoms with Crippen molar-refractivity contribution in [1.82, 2.24) is 0 Å². The Hall–Kier alpha value is -3.11. The Balaban J connectivity index is 2.16. The van der Waals surface area contributed by atoms with E-state index in [2.05, 4.69) is 0 Å². The van der Waals surface area contributed by atoms with Crippen molar-refractivity contribution in [3.05, 3.63) is 65.2 Å². The normalized spacial score (nSPS) is 14.9. The van der Waals surface area contributed by atoms with E-state index >= 15 is 0 Å². The second-order valence-electron chi connectivity index (χ2n) is 5.22. The molecule has 7 heteroatoms. The zero-order valence-electron chi connectivity index (χ0n) is 13.3. The van der Waals surface area contributed by atoms with E-state index in [-0.39, 0.29) is 16.4 Å². The standard InChI is InChI=1S/C18H14N2O4S/c1-2-24-18(21)13-6-5-7-14(10-13)20-12-15(11-19)25(22,23)17-9-4-3-8-16(17)20/h3-10,12H,2H2,1H3. The van der Waals surface area contributed by atoms with E-state index in [1.807, 2.05) is 0 Å². The first-order chi connectivity index (χ1) is 12.0. The lowest BCUT2D eigenvalue weighted by Gasteiger charge is -2.27. The minimum Gasteiger partial charge on any atom is -0.462 e. The summed E-state index contributed by atoms with van der Waals surface area (Å²) in [7, 11) is -3.84. The molecule has 25 heavy (non-hydrogen) atoms. The SMILES string of the molecule is CCOC(=O)c1cccc(N2C=C(C#N)S(=O)(=O)c3ccccc32)c1. The van der Waals surface area contributed by atoms with Gasteiger partial charge in [-0.1, -0.05) is 18.2 Å². The van der Waals surface area contributed by atoms with Gasteiger partial charge in [-0.15, -0.1) is 0 Å². The van der Waals surface area contributed by atoms with Crippen molar-refractivity contribution in [2.75, 3.05) is 11.5 Å². The molecule has 0 aliphatic carbocycles. The van der Waals surface area contributed by atoms with Gasteiger partial charge in [-0.2, -0.15) is 5.26 Å².